The second-order valence-corrected chi connectivity index (χ2v) is 16.2. The van der Waals surface area contributed by atoms with E-state index in [1.807, 2.05) is 30.3 Å². The highest BCUT2D eigenvalue weighted by molar-refractivity contribution is 7.25. The average Bonchev–Trinajstić information content (AvgIpc) is 3.95. The summed E-state index contributed by atoms with van der Waals surface area (Å²) in [7, 11) is 0. The fourth-order valence-electron chi connectivity index (χ4n) is 9.33. The van der Waals surface area contributed by atoms with Gasteiger partial charge in [-0.3, -0.25) is 0 Å². The van der Waals surface area contributed by atoms with E-state index in [0.29, 0.717) is 22.6 Å². The summed E-state index contributed by atoms with van der Waals surface area (Å²) in [6, 6.07) is 68.1. The Morgan fingerprint density at radius 1 is 0.467 bits per heavy atom. The number of nitrogens with zero attached hydrogens (tertiary/aromatic N) is 5. The first-order chi connectivity index (χ1) is 29.7. The van der Waals surface area contributed by atoms with Gasteiger partial charge in [0.05, 0.1) is 45.6 Å². The van der Waals surface area contributed by atoms with Crippen molar-refractivity contribution in [1.29, 1.82) is 5.26 Å². The molecule has 9 aromatic carbocycles. The Morgan fingerprint density at radius 3 is 1.87 bits per heavy atom. The third kappa shape index (κ3) is 4.96. The lowest BCUT2D eigenvalue weighted by Crippen LogP contribution is -2.09. The van der Waals surface area contributed by atoms with Crippen LogP contribution < -0.4 is 4.90 Å². The van der Waals surface area contributed by atoms with Crippen LogP contribution in [0.4, 0.5) is 22.7 Å². The molecule has 0 aliphatic heterocycles. The van der Waals surface area contributed by atoms with Crippen molar-refractivity contribution in [3.63, 3.8) is 0 Å². The van der Waals surface area contributed by atoms with Gasteiger partial charge < -0.3 is 14.0 Å². The number of thiophene rings is 1. The fourth-order valence-corrected chi connectivity index (χ4v) is 10.5. The van der Waals surface area contributed by atoms with Gasteiger partial charge in [0.1, 0.15) is 6.07 Å². The maximum atomic E-state index is 11.1. The predicted octanol–water partition coefficient (Wildman–Crippen LogP) is 15.3. The van der Waals surface area contributed by atoms with Gasteiger partial charge in [0.2, 0.25) is 5.69 Å². The quantitative estimate of drug-likeness (QED) is 0.163. The summed E-state index contributed by atoms with van der Waals surface area (Å²) < 4.78 is 6.76. The molecule has 0 aliphatic carbocycles. The smallest absolute Gasteiger partial charge is 0.212 e. The summed E-state index contributed by atoms with van der Waals surface area (Å²) in [5, 5.41) is 20.2. The van der Waals surface area contributed by atoms with Gasteiger partial charge in [0.15, 0.2) is 0 Å². The van der Waals surface area contributed by atoms with Gasteiger partial charge in [-0.05, 0) is 95.7 Å². The minimum Gasteiger partial charge on any atom is -0.319 e. The molecule has 60 heavy (non-hydrogen) atoms. The zero-order valence-electron chi connectivity index (χ0n) is 32.0. The Labute approximate surface area is 348 Å². The lowest BCUT2D eigenvalue weighted by atomic mass is 10.0. The van der Waals surface area contributed by atoms with Gasteiger partial charge in [0.25, 0.3) is 0 Å². The molecule has 0 bridgehead atoms. The number of benzene rings is 9. The van der Waals surface area contributed by atoms with E-state index in [2.05, 4.69) is 183 Å². The summed E-state index contributed by atoms with van der Waals surface area (Å²) in [6.45, 7) is 8.63. The molecule has 0 fully saturated rings. The number of nitriles is 1. The molecule has 3 heterocycles. The number of rotatable bonds is 5. The maximum absolute atomic E-state index is 11.1. The third-order valence-electron chi connectivity index (χ3n) is 11.9. The standard InChI is InChI=1S/C54H31N5S/c1-56-45-31-49(35(33-55)28-51(45)58-46-22-12-10-21-41(46)54-39-19-9-8-14-34(39)24-26-48(54)58)59-47-27-25-38(57(36-15-4-2-5-16-36)37-17-6-3-7-18-37)29-42(47)43-30-44-40-20-11-13-23-52(40)60-53(44)32-50(43)59/h2-32H. The molecule has 0 radical (unpaired) electrons. The monoisotopic (exact) mass is 781 g/mol. The summed E-state index contributed by atoms with van der Waals surface area (Å²) >= 11 is 1.78. The zero-order valence-corrected chi connectivity index (χ0v) is 32.9. The van der Waals surface area contributed by atoms with Crippen LogP contribution in [0.15, 0.2) is 188 Å². The highest BCUT2D eigenvalue weighted by Crippen LogP contribution is 2.46. The van der Waals surface area contributed by atoms with Gasteiger partial charge in [-0.1, -0.05) is 103 Å². The molecule has 12 aromatic rings. The van der Waals surface area contributed by atoms with E-state index >= 15 is 0 Å². The molecule has 0 saturated heterocycles. The van der Waals surface area contributed by atoms with E-state index in [0.717, 1.165) is 71.4 Å². The molecule has 5 nitrogen and oxygen atoms in total. The minimum absolute atomic E-state index is 0.466. The van der Waals surface area contributed by atoms with Crippen LogP contribution in [0.3, 0.4) is 0 Å². The Kier molecular flexibility index (Phi) is 7.46. The summed E-state index contributed by atoms with van der Waals surface area (Å²) in [4.78, 5) is 6.47. The van der Waals surface area contributed by atoms with Crippen molar-refractivity contribution in [2.24, 2.45) is 0 Å². The lowest BCUT2D eigenvalue weighted by Gasteiger charge is -2.25. The zero-order chi connectivity index (χ0) is 39.9. The van der Waals surface area contributed by atoms with Crippen molar-refractivity contribution in [1.82, 2.24) is 9.13 Å². The number of hydrogen-bond acceptors (Lipinski definition) is 3. The summed E-state index contributed by atoms with van der Waals surface area (Å²) in [5.74, 6) is 0. The number of fused-ring (bicyclic) bond motifs is 11. The predicted molar refractivity (Wildman–Crippen MR) is 251 cm³/mol. The van der Waals surface area contributed by atoms with Crippen molar-refractivity contribution >= 4 is 109 Å². The first-order valence-electron chi connectivity index (χ1n) is 19.9. The van der Waals surface area contributed by atoms with Crippen LogP contribution in [0.5, 0.6) is 0 Å². The molecular weight excluding hydrogens is 751 g/mol. The minimum atomic E-state index is 0.466. The highest BCUT2D eigenvalue weighted by Gasteiger charge is 2.23. The Balaban J connectivity index is 1.15. The van der Waals surface area contributed by atoms with Gasteiger partial charge in [-0.15, -0.1) is 11.3 Å². The molecule has 6 heteroatoms. The van der Waals surface area contributed by atoms with Gasteiger partial charge in [0, 0.05) is 58.8 Å². The normalized spacial score (nSPS) is 11.6. The van der Waals surface area contributed by atoms with Crippen LogP contribution >= 0.6 is 11.3 Å². The van der Waals surface area contributed by atoms with E-state index in [9.17, 15) is 5.26 Å². The molecule has 0 spiro atoms. The van der Waals surface area contributed by atoms with Crippen LogP contribution in [0.25, 0.3) is 90.8 Å². The number of para-hydroxylation sites is 3. The van der Waals surface area contributed by atoms with Crippen LogP contribution in [0.1, 0.15) is 5.56 Å². The molecule has 3 aromatic heterocycles. The van der Waals surface area contributed by atoms with E-state index in [1.54, 1.807) is 11.3 Å². The van der Waals surface area contributed by atoms with Crippen molar-refractivity contribution in [2.45, 2.75) is 0 Å². The van der Waals surface area contributed by atoms with Gasteiger partial charge >= 0.3 is 0 Å². The van der Waals surface area contributed by atoms with E-state index in [4.69, 9.17) is 6.57 Å². The molecule has 278 valence electrons. The molecule has 0 aliphatic rings. The van der Waals surface area contributed by atoms with E-state index in [-0.39, 0.29) is 0 Å². The first kappa shape index (κ1) is 33.9. The average molecular weight is 782 g/mol. The number of hydrogen-bond donors (Lipinski definition) is 0. The summed E-state index contributed by atoms with van der Waals surface area (Å²) in [6.07, 6.45) is 0. The Hall–Kier alpha value is -8.16. The topological polar surface area (TPSA) is 41.2 Å². The second-order valence-electron chi connectivity index (χ2n) is 15.1. The number of aromatic nitrogens is 2. The third-order valence-corrected chi connectivity index (χ3v) is 13.0. The SMILES string of the molecule is [C-]#[N+]c1cc(-n2c3ccc(N(c4ccccc4)c4ccccc4)cc3c3cc4c(cc32)sc2ccccc24)c(C#N)cc1-n1c2ccccc2c2c3ccccc3ccc21. The van der Waals surface area contributed by atoms with E-state index < -0.39 is 0 Å². The maximum Gasteiger partial charge on any atom is 0.212 e. The second kappa shape index (κ2) is 13.2. The lowest BCUT2D eigenvalue weighted by molar-refractivity contribution is 1.14. The van der Waals surface area contributed by atoms with Crippen LogP contribution in [-0.2, 0) is 0 Å². The van der Waals surface area contributed by atoms with E-state index in [1.165, 1.54) is 20.2 Å². The fraction of sp³-hybridized carbons (Fsp3) is 0. The molecule has 0 unspecified atom stereocenters. The van der Waals surface area contributed by atoms with Crippen molar-refractivity contribution < 1.29 is 0 Å². The number of anilines is 3. The molecule has 0 atom stereocenters. The van der Waals surface area contributed by atoms with Crippen LogP contribution in [0.2, 0.25) is 0 Å². The van der Waals surface area contributed by atoms with Crippen LogP contribution in [0, 0.1) is 17.9 Å². The Morgan fingerprint density at radius 2 is 1.10 bits per heavy atom. The summed E-state index contributed by atoms with van der Waals surface area (Å²) in [5.41, 5.74) is 9.37. The molecule has 0 amide bonds. The van der Waals surface area contributed by atoms with Gasteiger partial charge in [-0.2, -0.15) is 5.26 Å². The molecule has 12 rings (SSSR count). The van der Waals surface area contributed by atoms with Crippen molar-refractivity contribution in [3.8, 4) is 17.4 Å². The largest absolute Gasteiger partial charge is 0.319 e. The Bertz CT molecular complexity index is 3760. The van der Waals surface area contributed by atoms with Crippen LogP contribution in [-0.4, -0.2) is 9.13 Å². The molecule has 0 saturated carbocycles. The molecular formula is C54H31N5S. The van der Waals surface area contributed by atoms with Gasteiger partial charge in [-0.25, -0.2) is 4.85 Å². The van der Waals surface area contributed by atoms with Crippen molar-refractivity contribution in [2.75, 3.05) is 4.90 Å². The first-order valence-corrected chi connectivity index (χ1v) is 20.7. The molecule has 0 N–H and O–H groups in total. The highest BCUT2D eigenvalue weighted by atomic mass is 32.1. The van der Waals surface area contributed by atoms with Crippen molar-refractivity contribution in [3.05, 3.63) is 205 Å².